The molecule has 0 saturated carbocycles. The molecule has 0 fully saturated rings. The van der Waals surface area contributed by atoms with Crippen LogP contribution in [-0.2, 0) is 21.1 Å². The molecule has 0 aliphatic heterocycles. The zero-order chi connectivity index (χ0) is 6.28. The van der Waals surface area contributed by atoms with Gasteiger partial charge in [-0.2, -0.15) is 0 Å². The average molecular weight is 344 g/mol. The zero-order valence-electron chi connectivity index (χ0n) is 3.91. The molecule has 0 aromatic rings. The van der Waals surface area contributed by atoms with Crippen LogP contribution in [0.4, 0.5) is 0 Å². The SMILES string of the molecule is CNCl.ON(O)Cl.[Pt+4]. The minimum Gasteiger partial charge on any atom is -0.275 e. The molecule has 0 heterocycles. The van der Waals surface area contributed by atoms with Crippen LogP contribution < -0.4 is 4.84 Å². The van der Waals surface area contributed by atoms with Crippen molar-refractivity contribution in [2.45, 2.75) is 0 Å². The minimum atomic E-state index is -0.528. The van der Waals surface area contributed by atoms with Gasteiger partial charge in [-0.25, -0.2) is 4.84 Å². The van der Waals surface area contributed by atoms with Crippen molar-refractivity contribution in [1.29, 1.82) is 0 Å². The van der Waals surface area contributed by atoms with Crippen molar-refractivity contribution in [3.05, 3.63) is 0 Å². The quantitative estimate of drug-likeness (QED) is 0.445. The van der Waals surface area contributed by atoms with Crippen LogP contribution in [0.15, 0.2) is 0 Å². The number of nitrogens with zero attached hydrogens (tertiary/aromatic N) is 1. The standard InChI is InChI=1S/CH4ClN.ClH2NO2.Pt/c1-3-2;1-2(3)4;/h3H,1H3;3-4H;/q;;+4. The largest absolute Gasteiger partial charge is 4.00 e. The van der Waals surface area contributed by atoms with Gasteiger partial charge in [-0.3, -0.25) is 10.4 Å². The Balaban J connectivity index is -0.0000000575. The first-order valence-electron chi connectivity index (χ1n) is 1.26. The van der Waals surface area contributed by atoms with Crippen molar-refractivity contribution < 1.29 is 31.5 Å². The maximum atomic E-state index is 7.21. The summed E-state index contributed by atoms with van der Waals surface area (Å²) in [5, 5.41) is 14.4. The molecule has 0 amide bonds. The van der Waals surface area contributed by atoms with E-state index < -0.39 is 4.75 Å². The summed E-state index contributed by atoms with van der Waals surface area (Å²) in [4.78, 5) is 2.22. The molecule has 0 atom stereocenters. The van der Waals surface area contributed by atoms with Crippen molar-refractivity contribution in [2.75, 3.05) is 7.05 Å². The van der Waals surface area contributed by atoms with Gasteiger partial charge in [-0.1, -0.05) is 0 Å². The van der Waals surface area contributed by atoms with Gasteiger partial charge in [-0.15, -0.1) is 0 Å². The number of hydrogen-bond acceptors (Lipinski definition) is 4. The van der Waals surface area contributed by atoms with Gasteiger partial charge in [0.15, 0.2) is 0 Å². The van der Waals surface area contributed by atoms with Crippen LogP contribution >= 0.6 is 23.6 Å². The van der Waals surface area contributed by atoms with Crippen LogP contribution in [0.5, 0.6) is 0 Å². The minimum absolute atomic E-state index is 0. The molecule has 8 heavy (non-hydrogen) atoms. The predicted octanol–water partition coefficient (Wildman–Crippen LogP) is 0.578. The first kappa shape index (κ1) is 16.0. The second-order valence-electron chi connectivity index (χ2n) is 0.430. The molecular weight excluding hydrogens is 338 g/mol. The van der Waals surface area contributed by atoms with Gasteiger partial charge in [0.25, 0.3) is 0 Å². The molecule has 0 rings (SSSR count). The third kappa shape index (κ3) is 216. The molecule has 0 aliphatic rings. The molecule has 52 valence electrons. The van der Waals surface area contributed by atoms with Crippen LogP contribution in [0, 0.1) is 0 Å². The van der Waals surface area contributed by atoms with Gasteiger partial charge in [0.2, 0.25) is 0 Å². The summed E-state index contributed by atoms with van der Waals surface area (Å²) in [6, 6.07) is 0. The van der Waals surface area contributed by atoms with E-state index in [2.05, 4.69) is 16.6 Å². The van der Waals surface area contributed by atoms with E-state index in [1.807, 2.05) is 0 Å². The van der Waals surface area contributed by atoms with Crippen LogP contribution in [0.2, 0.25) is 0 Å². The first-order chi connectivity index (χ1) is 3.15. The summed E-state index contributed by atoms with van der Waals surface area (Å²) in [6.45, 7) is 0. The maximum Gasteiger partial charge on any atom is 4.00 e. The van der Waals surface area contributed by atoms with Crippen LogP contribution in [0.3, 0.4) is 0 Å². The predicted molar refractivity (Wildman–Crippen MR) is 26.2 cm³/mol. The molecule has 0 aromatic carbocycles. The van der Waals surface area contributed by atoms with E-state index in [0.29, 0.717) is 0 Å². The van der Waals surface area contributed by atoms with Gasteiger partial charge in [0.1, 0.15) is 0 Å². The van der Waals surface area contributed by atoms with E-state index in [9.17, 15) is 0 Å². The molecule has 0 aromatic heterocycles. The Labute approximate surface area is 71.8 Å². The number of nitrogens with one attached hydrogen (secondary N) is 1. The molecule has 0 unspecified atom stereocenters. The molecule has 0 spiro atoms. The summed E-state index contributed by atoms with van der Waals surface area (Å²) in [7, 11) is 1.64. The summed E-state index contributed by atoms with van der Waals surface area (Å²) in [5.74, 6) is 0. The fraction of sp³-hybridized carbons (Fsp3) is 1.00. The van der Waals surface area contributed by atoms with Crippen molar-refractivity contribution >= 4 is 23.6 Å². The Kier molecular flexibility index (Phi) is 31.5. The van der Waals surface area contributed by atoms with Crippen LogP contribution in [0.1, 0.15) is 0 Å². The van der Waals surface area contributed by atoms with E-state index in [1.54, 1.807) is 7.05 Å². The van der Waals surface area contributed by atoms with E-state index >= 15 is 0 Å². The van der Waals surface area contributed by atoms with E-state index in [0.717, 1.165) is 0 Å². The molecule has 0 saturated heterocycles. The third-order valence-corrected chi connectivity index (χ3v) is 0. The second-order valence-corrected chi connectivity index (χ2v) is 1.11. The Morgan fingerprint density at radius 2 is 1.50 bits per heavy atom. The number of rotatable bonds is 0. The maximum absolute atomic E-state index is 7.21. The van der Waals surface area contributed by atoms with Gasteiger partial charge >= 0.3 is 21.1 Å². The molecule has 3 N–H and O–H groups in total. The van der Waals surface area contributed by atoms with Crippen molar-refractivity contribution in [3.8, 4) is 0 Å². The fourth-order valence-electron chi connectivity index (χ4n) is 0. The zero-order valence-corrected chi connectivity index (χ0v) is 7.70. The Morgan fingerprint density at radius 1 is 1.50 bits per heavy atom. The Hall–Kier alpha value is 1.11. The topological polar surface area (TPSA) is 55.7 Å². The Morgan fingerprint density at radius 3 is 1.50 bits per heavy atom. The Bertz CT molecular complexity index is 29.2. The normalized spacial score (nSPS) is 6.75. The molecule has 7 heteroatoms. The molecule has 0 radical (unpaired) electrons. The third-order valence-electron chi connectivity index (χ3n) is 0. The van der Waals surface area contributed by atoms with Gasteiger partial charge in [0, 0.05) is 16.5 Å². The van der Waals surface area contributed by atoms with Crippen molar-refractivity contribution in [1.82, 2.24) is 9.58 Å². The van der Waals surface area contributed by atoms with Crippen LogP contribution in [-0.4, -0.2) is 22.2 Å². The van der Waals surface area contributed by atoms with Gasteiger partial charge < -0.3 is 0 Å². The molecule has 4 nitrogen and oxygen atoms in total. The van der Waals surface area contributed by atoms with Crippen molar-refractivity contribution in [3.63, 3.8) is 0 Å². The molecule has 0 bridgehead atoms. The van der Waals surface area contributed by atoms with E-state index in [4.69, 9.17) is 22.2 Å². The van der Waals surface area contributed by atoms with Gasteiger partial charge in [-0.05, 0) is 18.8 Å². The monoisotopic (exact) mass is 343 g/mol. The average Bonchev–Trinajstić information content (AvgIpc) is 1.33. The number of halogens is 2. The summed E-state index contributed by atoms with van der Waals surface area (Å²) in [6.07, 6.45) is 0. The smallest absolute Gasteiger partial charge is 0.275 e. The summed E-state index contributed by atoms with van der Waals surface area (Å²) >= 11 is 8.97. The van der Waals surface area contributed by atoms with Crippen molar-refractivity contribution in [2.24, 2.45) is 0 Å². The summed E-state index contributed by atoms with van der Waals surface area (Å²) < 4.78 is -0.528. The van der Waals surface area contributed by atoms with E-state index in [-0.39, 0.29) is 21.1 Å². The van der Waals surface area contributed by atoms with Crippen LogP contribution in [0.25, 0.3) is 0 Å². The fourth-order valence-corrected chi connectivity index (χ4v) is 0. The second kappa shape index (κ2) is 15.7. The summed E-state index contributed by atoms with van der Waals surface area (Å²) in [5.41, 5.74) is 0. The number of hydrogen-bond donors (Lipinski definition) is 3. The molecule has 0 aliphatic carbocycles. The first-order valence-corrected chi connectivity index (χ1v) is 1.97. The van der Waals surface area contributed by atoms with E-state index in [1.165, 1.54) is 0 Å². The van der Waals surface area contributed by atoms with Gasteiger partial charge in [0.05, 0.1) is 0 Å². The molecular formula is CH6Cl2N2O2Pt+4.